The van der Waals surface area contributed by atoms with Gasteiger partial charge in [0.15, 0.2) is 0 Å². The number of nitrogens with one attached hydrogen (secondary N) is 1. The number of hydrogen-bond acceptors (Lipinski definition) is 6. The van der Waals surface area contributed by atoms with Crippen molar-refractivity contribution >= 4 is 17.2 Å². The Morgan fingerprint density at radius 1 is 1.42 bits per heavy atom. The number of carbonyl (C=O) groups is 1. The topological polar surface area (TPSA) is 74.7 Å². The van der Waals surface area contributed by atoms with E-state index < -0.39 is 6.10 Å². The molecule has 7 heteroatoms. The van der Waals surface area contributed by atoms with Gasteiger partial charge in [0.2, 0.25) is 0 Å². The van der Waals surface area contributed by atoms with E-state index >= 15 is 0 Å². The molecule has 1 aromatic carbocycles. The molecule has 1 aromatic heterocycles. The van der Waals surface area contributed by atoms with Crippen LogP contribution in [-0.2, 0) is 6.54 Å². The van der Waals surface area contributed by atoms with Crippen molar-refractivity contribution in [1.29, 1.82) is 0 Å². The van der Waals surface area contributed by atoms with Gasteiger partial charge in [-0.2, -0.15) is 0 Å². The minimum Gasteiger partial charge on any atom is -0.494 e. The number of thiazole rings is 1. The Bertz CT molecular complexity index is 691. The molecule has 1 saturated heterocycles. The summed E-state index contributed by atoms with van der Waals surface area (Å²) in [6, 6.07) is 6.88. The van der Waals surface area contributed by atoms with Gasteiger partial charge in [0.05, 0.1) is 30.0 Å². The summed E-state index contributed by atoms with van der Waals surface area (Å²) >= 11 is 1.57. The van der Waals surface area contributed by atoms with Crippen LogP contribution in [0.2, 0.25) is 0 Å². The second-order valence-electron chi connectivity index (χ2n) is 6.52. The summed E-state index contributed by atoms with van der Waals surface area (Å²) < 4.78 is 5.53. The van der Waals surface area contributed by atoms with Crippen LogP contribution in [0.4, 0.5) is 0 Å². The summed E-state index contributed by atoms with van der Waals surface area (Å²) in [5.41, 5.74) is 3.41. The zero-order chi connectivity index (χ0) is 18.4. The fraction of sp³-hybridized carbons (Fsp3) is 0.474. The van der Waals surface area contributed by atoms with Crippen LogP contribution in [0.15, 0.2) is 35.2 Å². The third-order valence-electron chi connectivity index (χ3n) is 4.44. The lowest BCUT2D eigenvalue weighted by Crippen LogP contribution is -2.53. The number of piperidine rings is 1. The van der Waals surface area contributed by atoms with Gasteiger partial charge in [0.25, 0.3) is 5.91 Å². The number of β-amino-alcohol motifs (C(OH)–C–C–N with tert-alkyl or cyclic N) is 1. The Morgan fingerprint density at radius 3 is 2.88 bits per heavy atom. The first kappa shape index (κ1) is 18.8. The van der Waals surface area contributed by atoms with Gasteiger partial charge in [-0.1, -0.05) is 6.92 Å². The van der Waals surface area contributed by atoms with Crippen LogP contribution in [0, 0.1) is 0 Å². The van der Waals surface area contributed by atoms with E-state index in [-0.39, 0.29) is 11.9 Å². The molecular weight excluding hydrogens is 350 g/mol. The highest BCUT2D eigenvalue weighted by molar-refractivity contribution is 7.07. The zero-order valence-corrected chi connectivity index (χ0v) is 15.7. The molecule has 140 valence electrons. The lowest BCUT2D eigenvalue weighted by atomic mass is 10.0. The third kappa shape index (κ3) is 5.03. The summed E-state index contributed by atoms with van der Waals surface area (Å²) in [6.07, 6.45) is 1.08. The van der Waals surface area contributed by atoms with Crippen molar-refractivity contribution in [2.45, 2.75) is 38.5 Å². The normalized spacial score (nSPS) is 20.7. The number of rotatable bonds is 7. The van der Waals surface area contributed by atoms with Gasteiger partial charge >= 0.3 is 0 Å². The lowest BCUT2D eigenvalue weighted by Gasteiger charge is -2.35. The van der Waals surface area contributed by atoms with Crippen molar-refractivity contribution in [1.82, 2.24) is 15.2 Å². The van der Waals surface area contributed by atoms with Crippen LogP contribution in [-0.4, -0.2) is 52.7 Å². The van der Waals surface area contributed by atoms with Crippen molar-refractivity contribution < 1.29 is 14.6 Å². The molecule has 0 spiro atoms. The Morgan fingerprint density at radius 2 is 2.23 bits per heavy atom. The highest BCUT2D eigenvalue weighted by Crippen LogP contribution is 2.16. The van der Waals surface area contributed by atoms with Gasteiger partial charge in [0, 0.05) is 30.6 Å². The average molecular weight is 375 g/mol. The quantitative estimate of drug-likeness (QED) is 0.777. The van der Waals surface area contributed by atoms with Crippen LogP contribution in [0.25, 0.3) is 0 Å². The fourth-order valence-electron chi connectivity index (χ4n) is 3.03. The highest BCUT2D eigenvalue weighted by Gasteiger charge is 2.29. The molecule has 1 fully saturated rings. The Labute approximate surface area is 157 Å². The molecule has 1 aliphatic rings. The third-order valence-corrected chi connectivity index (χ3v) is 5.08. The maximum absolute atomic E-state index is 12.4. The summed E-state index contributed by atoms with van der Waals surface area (Å²) in [5, 5.41) is 15.4. The van der Waals surface area contributed by atoms with Crippen molar-refractivity contribution in [2.24, 2.45) is 0 Å². The predicted octanol–water partition coefficient (Wildman–Crippen LogP) is 2.30. The largest absolute Gasteiger partial charge is 0.494 e. The molecule has 1 aliphatic heterocycles. The molecule has 26 heavy (non-hydrogen) atoms. The lowest BCUT2D eigenvalue weighted by molar-refractivity contribution is 0.0346. The fourth-order valence-corrected chi connectivity index (χ4v) is 3.58. The zero-order valence-electron chi connectivity index (χ0n) is 14.9. The molecule has 2 atom stereocenters. The molecule has 1 amide bonds. The van der Waals surface area contributed by atoms with Gasteiger partial charge < -0.3 is 15.2 Å². The number of aromatic nitrogens is 1. The molecule has 3 rings (SSSR count). The molecule has 2 heterocycles. The highest BCUT2D eigenvalue weighted by atomic mass is 32.1. The van der Waals surface area contributed by atoms with Crippen LogP contribution in [0.5, 0.6) is 5.75 Å². The van der Waals surface area contributed by atoms with E-state index in [2.05, 4.69) is 22.1 Å². The van der Waals surface area contributed by atoms with E-state index in [1.807, 2.05) is 10.9 Å². The predicted molar refractivity (Wildman–Crippen MR) is 101 cm³/mol. The number of nitrogens with zero attached hydrogens (tertiary/aromatic N) is 2. The first-order chi connectivity index (χ1) is 12.7. The van der Waals surface area contributed by atoms with Crippen molar-refractivity contribution in [2.75, 3.05) is 19.7 Å². The Hall–Kier alpha value is -1.96. The number of amides is 1. The molecule has 0 saturated carbocycles. The molecule has 6 nitrogen and oxygen atoms in total. The molecule has 2 N–H and O–H groups in total. The number of hydrogen-bond donors (Lipinski definition) is 2. The van der Waals surface area contributed by atoms with Gasteiger partial charge in [0.1, 0.15) is 5.75 Å². The van der Waals surface area contributed by atoms with Crippen LogP contribution in [0.1, 0.15) is 35.8 Å². The molecule has 2 aromatic rings. The second-order valence-corrected chi connectivity index (χ2v) is 7.24. The number of aliphatic hydroxyl groups is 1. The minimum absolute atomic E-state index is 0.163. The Balaban J connectivity index is 1.50. The second kappa shape index (κ2) is 9.12. The number of carbonyl (C=O) groups excluding carboxylic acids is 1. The van der Waals surface area contributed by atoms with Crippen LogP contribution < -0.4 is 10.1 Å². The van der Waals surface area contributed by atoms with Gasteiger partial charge in [-0.3, -0.25) is 9.69 Å². The molecular formula is C19H25N3O3S. The minimum atomic E-state index is -0.585. The van der Waals surface area contributed by atoms with Crippen molar-refractivity contribution in [3.8, 4) is 5.75 Å². The monoisotopic (exact) mass is 375 g/mol. The van der Waals surface area contributed by atoms with Crippen molar-refractivity contribution in [3.63, 3.8) is 0 Å². The van der Waals surface area contributed by atoms with E-state index in [0.717, 1.165) is 37.4 Å². The standard InChI is InChI=1S/C19H25N3O3S/c1-2-9-25-16-5-3-14(4-6-16)19(24)21-17-7-8-22(11-18(17)23)10-15-12-26-13-20-15/h3-6,12-13,17-18,23H,2,7-11H2,1H3,(H,21,24). The number of benzene rings is 1. The number of aliphatic hydroxyl groups excluding tert-OH is 1. The van der Waals surface area contributed by atoms with E-state index in [1.165, 1.54) is 0 Å². The molecule has 0 bridgehead atoms. The number of likely N-dealkylation sites (tertiary alicyclic amines) is 1. The smallest absolute Gasteiger partial charge is 0.251 e. The van der Waals surface area contributed by atoms with E-state index in [9.17, 15) is 9.90 Å². The molecule has 0 radical (unpaired) electrons. The van der Waals surface area contributed by atoms with Crippen LogP contribution in [0.3, 0.4) is 0 Å². The average Bonchev–Trinajstić information content (AvgIpc) is 3.15. The van der Waals surface area contributed by atoms with E-state index in [1.54, 1.807) is 35.6 Å². The number of ether oxygens (including phenoxy) is 1. The van der Waals surface area contributed by atoms with Gasteiger partial charge in [-0.15, -0.1) is 11.3 Å². The van der Waals surface area contributed by atoms with Gasteiger partial charge in [-0.05, 0) is 37.1 Å². The summed E-state index contributed by atoms with van der Waals surface area (Å²) in [5.74, 6) is 0.600. The van der Waals surface area contributed by atoms with Crippen molar-refractivity contribution in [3.05, 3.63) is 46.4 Å². The molecule has 0 aliphatic carbocycles. The summed E-state index contributed by atoms with van der Waals surface area (Å²) in [6.45, 7) is 4.81. The van der Waals surface area contributed by atoms with E-state index in [0.29, 0.717) is 18.7 Å². The molecule has 2 unspecified atom stereocenters. The maximum atomic E-state index is 12.4. The Kier molecular flexibility index (Phi) is 6.60. The summed E-state index contributed by atoms with van der Waals surface area (Å²) in [4.78, 5) is 18.9. The maximum Gasteiger partial charge on any atom is 0.251 e. The summed E-state index contributed by atoms with van der Waals surface area (Å²) in [7, 11) is 0. The SMILES string of the molecule is CCCOc1ccc(C(=O)NC2CCN(Cc3cscn3)CC2O)cc1. The van der Waals surface area contributed by atoms with Gasteiger partial charge in [-0.25, -0.2) is 4.98 Å². The first-order valence-corrected chi connectivity index (χ1v) is 9.91. The van der Waals surface area contributed by atoms with Crippen LogP contribution >= 0.6 is 11.3 Å². The van der Waals surface area contributed by atoms with E-state index in [4.69, 9.17) is 4.74 Å². The first-order valence-electron chi connectivity index (χ1n) is 8.97.